The first-order chi connectivity index (χ1) is 9.25. The molecule has 0 aliphatic carbocycles. The molecule has 0 spiro atoms. The van der Waals surface area contributed by atoms with E-state index in [4.69, 9.17) is 0 Å². The molecule has 0 saturated carbocycles. The van der Waals surface area contributed by atoms with Crippen LogP contribution in [0.1, 0.15) is 5.56 Å². The van der Waals surface area contributed by atoms with Gasteiger partial charge in [0.1, 0.15) is 5.82 Å². The molecule has 0 radical (unpaired) electrons. The fraction of sp³-hybridized carbons (Fsp3) is 0.500. The maximum absolute atomic E-state index is 13.4. The standard InChI is InChI=1S/C14H20FN3O/c15-13-4-2-1-3-12(13)11-14(19)17-7-10-18-8-5-16-6-9-18/h1-4,16H,5-11H2,(H,17,19). The van der Waals surface area contributed by atoms with E-state index in [1.165, 1.54) is 6.07 Å². The largest absolute Gasteiger partial charge is 0.355 e. The zero-order valence-corrected chi connectivity index (χ0v) is 11.0. The summed E-state index contributed by atoms with van der Waals surface area (Å²) in [6.07, 6.45) is 0.105. The molecule has 1 saturated heterocycles. The number of rotatable bonds is 5. The van der Waals surface area contributed by atoms with Crippen molar-refractivity contribution in [2.45, 2.75) is 6.42 Å². The molecule has 104 valence electrons. The summed E-state index contributed by atoms with van der Waals surface area (Å²) in [6, 6.07) is 6.39. The van der Waals surface area contributed by atoms with E-state index in [-0.39, 0.29) is 18.1 Å². The maximum Gasteiger partial charge on any atom is 0.224 e. The molecule has 1 heterocycles. The third-order valence-corrected chi connectivity index (χ3v) is 3.27. The highest BCUT2D eigenvalue weighted by atomic mass is 19.1. The molecule has 1 aliphatic heterocycles. The topological polar surface area (TPSA) is 44.4 Å². The molecule has 1 aliphatic rings. The average molecular weight is 265 g/mol. The molecular weight excluding hydrogens is 245 g/mol. The summed E-state index contributed by atoms with van der Waals surface area (Å²) in [5.74, 6) is -0.444. The Morgan fingerprint density at radius 2 is 2.05 bits per heavy atom. The Balaban J connectivity index is 1.68. The zero-order chi connectivity index (χ0) is 13.5. The lowest BCUT2D eigenvalue weighted by molar-refractivity contribution is -0.120. The van der Waals surface area contributed by atoms with Crippen LogP contribution in [0, 0.1) is 5.82 Å². The highest BCUT2D eigenvalue weighted by Crippen LogP contribution is 2.06. The number of carbonyl (C=O) groups is 1. The number of hydrogen-bond donors (Lipinski definition) is 2. The minimum absolute atomic E-state index is 0.105. The lowest BCUT2D eigenvalue weighted by atomic mass is 10.1. The molecular formula is C14H20FN3O. The first-order valence-electron chi connectivity index (χ1n) is 6.69. The molecule has 1 fully saturated rings. The van der Waals surface area contributed by atoms with E-state index in [0.717, 1.165) is 32.7 Å². The van der Waals surface area contributed by atoms with Crippen LogP contribution in [0.15, 0.2) is 24.3 Å². The van der Waals surface area contributed by atoms with Crippen LogP contribution in [0.25, 0.3) is 0 Å². The Kier molecular flexibility index (Phi) is 5.30. The SMILES string of the molecule is O=C(Cc1ccccc1F)NCCN1CCNCC1. The van der Waals surface area contributed by atoms with Gasteiger partial charge in [0.15, 0.2) is 0 Å². The molecule has 0 unspecified atom stereocenters. The third-order valence-electron chi connectivity index (χ3n) is 3.27. The monoisotopic (exact) mass is 265 g/mol. The summed E-state index contributed by atoms with van der Waals surface area (Å²) in [4.78, 5) is 14.0. The summed E-state index contributed by atoms with van der Waals surface area (Å²) >= 11 is 0. The minimum Gasteiger partial charge on any atom is -0.355 e. The van der Waals surface area contributed by atoms with Gasteiger partial charge >= 0.3 is 0 Å². The predicted octanol–water partition coefficient (Wildman–Crippen LogP) is 0.390. The Bertz CT molecular complexity index is 419. The van der Waals surface area contributed by atoms with Crippen LogP contribution in [0.3, 0.4) is 0 Å². The van der Waals surface area contributed by atoms with Gasteiger partial charge in [-0.3, -0.25) is 9.69 Å². The molecule has 1 amide bonds. The quantitative estimate of drug-likeness (QED) is 0.809. The number of carbonyl (C=O) groups excluding carboxylic acids is 1. The van der Waals surface area contributed by atoms with Gasteiger partial charge in [0.05, 0.1) is 6.42 Å². The van der Waals surface area contributed by atoms with Crippen molar-refractivity contribution in [3.63, 3.8) is 0 Å². The number of nitrogens with one attached hydrogen (secondary N) is 2. The van der Waals surface area contributed by atoms with Crippen molar-refractivity contribution in [1.29, 1.82) is 0 Å². The van der Waals surface area contributed by atoms with Crippen LogP contribution in [0.2, 0.25) is 0 Å². The molecule has 4 nitrogen and oxygen atoms in total. The smallest absolute Gasteiger partial charge is 0.224 e. The van der Waals surface area contributed by atoms with Gasteiger partial charge in [-0.2, -0.15) is 0 Å². The van der Waals surface area contributed by atoms with Crippen LogP contribution in [-0.2, 0) is 11.2 Å². The summed E-state index contributed by atoms with van der Waals surface area (Å²) in [5.41, 5.74) is 0.446. The van der Waals surface area contributed by atoms with Crippen molar-refractivity contribution in [3.8, 4) is 0 Å². The van der Waals surface area contributed by atoms with E-state index in [9.17, 15) is 9.18 Å². The van der Waals surface area contributed by atoms with Gasteiger partial charge in [-0.15, -0.1) is 0 Å². The molecule has 0 atom stereocenters. The lowest BCUT2D eigenvalue weighted by Gasteiger charge is -2.27. The maximum atomic E-state index is 13.4. The van der Waals surface area contributed by atoms with E-state index in [1.807, 2.05) is 0 Å². The van der Waals surface area contributed by atoms with Crippen molar-refractivity contribution < 1.29 is 9.18 Å². The van der Waals surface area contributed by atoms with Gasteiger partial charge in [0, 0.05) is 39.3 Å². The van der Waals surface area contributed by atoms with Gasteiger partial charge < -0.3 is 10.6 Å². The van der Waals surface area contributed by atoms with E-state index in [2.05, 4.69) is 15.5 Å². The Labute approximate surface area is 113 Å². The fourth-order valence-corrected chi connectivity index (χ4v) is 2.17. The van der Waals surface area contributed by atoms with Gasteiger partial charge in [-0.1, -0.05) is 18.2 Å². The van der Waals surface area contributed by atoms with Crippen molar-refractivity contribution >= 4 is 5.91 Å². The summed E-state index contributed by atoms with van der Waals surface area (Å²) in [6.45, 7) is 5.51. The zero-order valence-electron chi connectivity index (χ0n) is 11.0. The second kappa shape index (κ2) is 7.21. The van der Waals surface area contributed by atoms with Gasteiger partial charge in [0.2, 0.25) is 5.91 Å². The lowest BCUT2D eigenvalue weighted by Crippen LogP contribution is -2.46. The molecule has 5 heteroatoms. The minimum atomic E-state index is -0.320. The second-order valence-electron chi connectivity index (χ2n) is 4.71. The van der Waals surface area contributed by atoms with Crippen molar-refractivity contribution in [2.75, 3.05) is 39.3 Å². The van der Waals surface area contributed by atoms with Crippen LogP contribution >= 0.6 is 0 Å². The van der Waals surface area contributed by atoms with Gasteiger partial charge in [-0.25, -0.2) is 4.39 Å². The van der Waals surface area contributed by atoms with Crippen molar-refractivity contribution in [2.24, 2.45) is 0 Å². The van der Waals surface area contributed by atoms with Crippen LogP contribution in [0.4, 0.5) is 4.39 Å². The van der Waals surface area contributed by atoms with E-state index >= 15 is 0 Å². The highest BCUT2D eigenvalue weighted by molar-refractivity contribution is 5.78. The Morgan fingerprint density at radius 1 is 1.32 bits per heavy atom. The number of hydrogen-bond acceptors (Lipinski definition) is 3. The van der Waals surface area contributed by atoms with Crippen LogP contribution < -0.4 is 10.6 Å². The Hall–Kier alpha value is -1.46. The summed E-state index contributed by atoms with van der Waals surface area (Å²) in [5, 5.41) is 6.12. The van der Waals surface area contributed by atoms with E-state index in [1.54, 1.807) is 18.2 Å². The molecule has 1 aromatic carbocycles. The second-order valence-corrected chi connectivity index (χ2v) is 4.71. The summed E-state index contributed by atoms with van der Waals surface area (Å²) in [7, 11) is 0. The first-order valence-corrected chi connectivity index (χ1v) is 6.69. The Morgan fingerprint density at radius 3 is 2.79 bits per heavy atom. The number of benzene rings is 1. The van der Waals surface area contributed by atoms with Crippen LogP contribution in [-0.4, -0.2) is 50.1 Å². The van der Waals surface area contributed by atoms with Crippen LogP contribution in [0.5, 0.6) is 0 Å². The first kappa shape index (κ1) is 14.0. The van der Waals surface area contributed by atoms with Crippen molar-refractivity contribution in [1.82, 2.24) is 15.5 Å². The van der Waals surface area contributed by atoms with E-state index in [0.29, 0.717) is 12.1 Å². The number of halogens is 1. The fourth-order valence-electron chi connectivity index (χ4n) is 2.17. The van der Waals surface area contributed by atoms with Gasteiger partial charge in [0.25, 0.3) is 0 Å². The molecule has 19 heavy (non-hydrogen) atoms. The third kappa shape index (κ3) is 4.61. The average Bonchev–Trinajstić information content (AvgIpc) is 2.43. The summed E-state index contributed by atoms with van der Waals surface area (Å²) < 4.78 is 13.4. The van der Waals surface area contributed by atoms with E-state index < -0.39 is 0 Å². The normalized spacial score (nSPS) is 16.3. The number of amides is 1. The van der Waals surface area contributed by atoms with Crippen molar-refractivity contribution in [3.05, 3.63) is 35.6 Å². The molecule has 0 aromatic heterocycles. The number of nitrogens with zero attached hydrogens (tertiary/aromatic N) is 1. The molecule has 2 rings (SSSR count). The molecule has 1 aromatic rings. The van der Waals surface area contributed by atoms with Gasteiger partial charge in [-0.05, 0) is 11.6 Å². The molecule has 2 N–H and O–H groups in total. The predicted molar refractivity (Wildman–Crippen MR) is 72.4 cm³/mol. The highest BCUT2D eigenvalue weighted by Gasteiger charge is 2.10. The molecule has 0 bridgehead atoms. The number of piperazine rings is 1.